The van der Waals surface area contributed by atoms with Crippen LogP contribution in [0, 0.1) is 5.82 Å². The molecule has 0 aromatic heterocycles. The van der Waals surface area contributed by atoms with Crippen molar-refractivity contribution in [3.8, 4) is 0 Å². The predicted molar refractivity (Wildman–Crippen MR) is 89.2 cm³/mol. The lowest BCUT2D eigenvalue weighted by atomic mass is 10.2. The van der Waals surface area contributed by atoms with Gasteiger partial charge in [0, 0.05) is 23.1 Å². The van der Waals surface area contributed by atoms with Gasteiger partial charge in [0.2, 0.25) is 10.0 Å². The number of sulfonamides is 1. The van der Waals surface area contributed by atoms with E-state index in [0.717, 1.165) is 23.4 Å². The number of hydrogen-bond donors (Lipinski definition) is 1. The Morgan fingerprint density at radius 2 is 1.68 bits per heavy atom. The van der Waals surface area contributed by atoms with E-state index >= 15 is 0 Å². The Morgan fingerprint density at radius 1 is 1.05 bits per heavy atom. The number of nitrogens with one attached hydrogen (secondary N) is 1. The van der Waals surface area contributed by atoms with Crippen molar-refractivity contribution >= 4 is 33.4 Å². The van der Waals surface area contributed by atoms with Gasteiger partial charge in [0.15, 0.2) is 0 Å². The third kappa shape index (κ3) is 5.28. The van der Waals surface area contributed by atoms with E-state index in [9.17, 15) is 12.8 Å². The smallest absolute Gasteiger partial charge is 0.210 e. The number of thioether (sulfide) groups is 1. The molecule has 0 aliphatic heterocycles. The van der Waals surface area contributed by atoms with Gasteiger partial charge >= 0.3 is 0 Å². The number of benzene rings is 2. The number of halogens is 2. The van der Waals surface area contributed by atoms with E-state index in [-0.39, 0.29) is 4.90 Å². The predicted octanol–water partition coefficient (Wildman–Crippen LogP) is 3.69. The highest BCUT2D eigenvalue weighted by atomic mass is 35.5. The first-order chi connectivity index (χ1) is 10.5. The van der Waals surface area contributed by atoms with Crippen molar-refractivity contribution in [2.24, 2.45) is 0 Å². The highest BCUT2D eigenvalue weighted by Crippen LogP contribution is 2.15. The largest absolute Gasteiger partial charge is 0.240 e. The van der Waals surface area contributed by atoms with Crippen LogP contribution < -0.4 is 4.72 Å². The summed E-state index contributed by atoms with van der Waals surface area (Å²) in [6.45, 7) is 0.317. The molecule has 0 unspecified atom stereocenters. The molecule has 0 heterocycles. The molecule has 118 valence electrons. The molecule has 2 rings (SSSR count). The fraction of sp³-hybridized carbons (Fsp3) is 0.200. The monoisotopic (exact) mass is 359 g/mol. The molecule has 0 saturated heterocycles. The lowest BCUT2D eigenvalue weighted by Gasteiger charge is -2.07. The van der Waals surface area contributed by atoms with Gasteiger partial charge in [-0.25, -0.2) is 17.5 Å². The van der Waals surface area contributed by atoms with Crippen molar-refractivity contribution in [3.05, 3.63) is 64.9 Å². The minimum Gasteiger partial charge on any atom is -0.210 e. The van der Waals surface area contributed by atoms with Crippen molar-refractivity contribution in [1.82, 2.24) is 4.72 Å². The van der Waals surface area contributed by atoms with Crippen LogP contribution in [0.25, 0.3) is 0 Å². The Balaban J connectivity index is 1.76. The van der Waals surface area contributed by atoms with E-state index in [1.807, 2.05) is 24.3 Å². The molecule has 0 atom stereocenters. The Bertz CT molecular complexity index is 703. The second-order valence-corrected chi connectivity index (χ2v) is 7.84. The van der Waals surface area contributed by atoms with Crippen LogP contribution in [0.3, 0.4) is 0 Å². The molecule has 0 aliphatic carbocycles. The molecule has 2 aromatic rings. The van der Waals surface area contributed by atoms with Crippen molar-refractivity contribution in [3.63, 3.8) is 0 Å². The van der Waals surface area contributed by atoms with Crippen LogP contribution in [-0.2, 0) is 15.8 Å². The van der Waals surface area contributed by atoms with Crippen LogP contribution >= 0.6 is 23.4 Å². The standard InChI is InChI=1S/C15H15ClFNO2S2/c16-13-3-1-12(2-4-13)11-21-10-9-18-22(19,20)15-7-5-14(17)6-8-15/h1-8,18H,9-11H2. The summed E-state index contributed by atoms with van der Waals surface area (Å²) in [4.78, 5) is 0.0663. The summed E-state index contributed by atoms with van der Waals surface area (Å²) < 4.78 is 39.2. The summed E-state index contributed by atoms with van der Waals surface area (Å²) in [6.07, 6.45) is 0. The molecule has 0 bridgehead atoms. The minimum atomic E-state index is -3.58. The van der Waals surface area contributed by atoms with Crippen LogP contribution in [0.4, 0.5) is 4.39 Å². The first-order valence-corrected chi connectivity index (χ1v) is 9.56. The summed E-state index contributed by atoms with van der Waals surface area (Å²) in [6, 6.07) is 12.3. The van der Waals surface area contributed by atoms with Gasteiger partial charge < -0.3 is 0 Å². The second kappa shape index (κ2) is 7.97. The zero-order valence-corrected chi connectivity index (χ0v) is 14.0. The number of rotatable bonds is 7. The third-order valence-electron chi connectivity index (χ3n) is 2.84. The minimum absolute atomic E-state index is 0.0663. The summed E-state index contributed by atoms with van der Waals surface area (Å²) in [7, 11) is -3.58. The molecular weight excluding hydrogens is 345 g/mol. The van der Waals surface area contributed by atoms with Crippen LogP contribution in [0.1, 0.15) is 5.56 Å². The first kappa shape index (κ1) is 17.3. The summed E-state index contributed by atoms with van der Waals surface area (Å²) in [5, 5.41) is 0.695. The van der Waals surface area contributed by atoms with E-state index in [2.05, 4.69) is 4.72 Å². The highest BCUT2D eigenvalue weighted by Gasteiger charge is 2.12. The molecular formula is C15H15ClFNO2S2. The van der Waals surface area contributed by atoms with Crippen LogP contribution in [0.2, 0.25) is 5.02 Å². The first-order valence-electron chi connectivity index (χ1n) is 6.55. The van der Waals surface area contributed by atoms with E-state index < -0.39 is 15.8 Å². The van der Waals surface area contributed by atoms with Crippen molar-refractivity contribution in [2.75, 3.05) is 12.3 Å². The van der Waals surface area contributed by atoms with Gasteiger partial charge in [-0.1, -0.05) is 23.7 Å². The van der Waals surface area contributed by atoms with Gasteiger partial charge in [0.05, 0.1) is 4.90 Å². The topological polar surface area (TPSA) is 46.2 Å². The molecule has 0 saturated carbocycles. The summed E-state index contributed by atoms with van der Waals surface area (Å²) in [5.41, 5.74) is 1.13. The normalized spacial score (nSPS) is 11.5. The van der Waals surface area contributed by atoms with Crippen molar-refractivity contribution in [2.45, 2.75) is 10.6 Å². The van der Waals surface area contributed by atoms with Crippen LogP contribution in [0.15, 0.2) is 53.4 Å². The van der Waals surface area contributed by atoms with Gasteiger partial charge in [-0.15, -0.1) is 0 Å². The van der Waals surface area contributed by atoms with Crippen molar-refractivity contribution in [1.29, 1.82) is 0 Å². The second-order valence-electron chi connectivity index (χ2n) is 4.53. The van der Waals surface area contributed by atoms with Gasteiger partial charge in [0.25, 0.3) is 0 Å². The molecule has 0 fully saturated rings. The fourth-order valence-electron chi connectivity index (χ4n) is 1.72. The van der Waals surface area contributed by atoms with Gasteiger partial charge in [-0.05, 0) is 42.0 Å². The molecule has 0 spiro atoms. The van der Waals surface area contributed by atoms with Gasteiger partial charge in [-0.3, -0.25) is 0 Å². The Kier molecular flexibility index (Phi) is 6.26. The Hall–Kier alpha value is -1.08. The van der Waals surface area contributed by atoms with Crippen LogP contribution in [-0.4, -0.2) is 20.7 Å². The lowest BCUT2D eigenvalue weighted by molar-refractivity contribution is 0.583. The quantitative estimate of drug-likeness (QED) is 0.767. The van der Waals surface area contributed by atoms with Crippen molar-refractivity contribution < 1.29 is 12.8 Å². The van der Waals surface area contributed by atoms with Crippen LogP contribution in [0.5, 0.6) is 0 Å². The van der Waals surface area contributed by atoms with Gasteiger partial charge in [0.1, 0.15) is 5.82 Å². The molecule has 22 heavy (non-hydrogen) atoms. The zero-order chi connectivity index (χ0) is 16.0. The molecule has 0 amide bonds. The average molecular weight is 360 g/mol. The lowest BCUT2D eigenvalue weighted by Crippen LogP contribution is -2.26. The third-order valence-corrected chi connectivity index (χ3v) is 5.60. The van der Waals surface area contributed by atoms with E-state index in [1.165, 1.54) is 12.1 Å². The Labute approximate surface area is 138 Å². The highest BCUT2D eigenvalue weighted by molar-refractivity contribution is 7.98. The maximum atomic E-state index is 12.8. The van der Waals surface area contributed by atoms with E-state index in [4.69, 9.17) is 11.6 Å². The molecule has 0 aliphatic rings. The average Bonchev–Trinajstić information content (AvgIpc) is 2.49. The summed E-state index contributed by atoms with van der Waals surface area (Å²) >= 11 is 7.43. The van der Waals surface area contributed by atoms with E-state index in [0.29, 0.717) is 17.3 Å². The van der Waals surface area contributed by atoms with E-state index in [1.54, 1.807) is 11.8 Å². The molecule has 2 aromatic carbocycles. The molecule has 0 radical (unpaired) electrons. The zero-order valence-electron chi connectivity index (χ0n) is 11.6. The summed E-state index contributed by atoms with van der Waals surface area (Å²) in [5.74, 6) is 0.968. The number of hydrogen-bond acceptors (Lipinski definition) is 3. The fourth-order valence-corrected chi connectivity index (χ4v) is 3.82. The molecule has 3 nitrogen and oxygen atoms in total. The maximum Gasteiger partial charge on any atom is 0.240 e. The Morgan fingerprint density at radius 3 is 2.32 bits per heavy atom. The van der Waals surface area contributed by atoms with Gasteiger partial charge in [-0.2, -0.15) is 11.8 Å². The SMILES string of the molecule is O=S(=O)(NCCSCc1ccc(Cl)cc1)c1ccc(F)cc1. The maximum absolute atomic E-state index is 12.8. The molecule has 1 N–H and O–H groups in total. The molecule has 7 heteroatoms.